The minimum atomic E-state index is 0.827. The fourth-order valence-electron chi connectivity index (χ4n) is 3.03. The van der Waals surface area contributed by atoms with Crippen molar-refractivity contribution in [1.29, 1.82) is 0 Å². The molecule has 2 nitrogen and oxygen atoms in total. The number of rotatable bonds is 14. The Morgan fingerprint density at radius 1 is 0.667 bits per heavy atom. The molecule has 2 N–H and O–H groups in total. The van der Waals surface area contributed by atoms with E-state index in [0.29, 0.717) is 0 Å². The third-order valence-electron chi connectivity index (χ3n) is 4.92. The predicted octanol–water partition coefficient (Wildman–Crippen LogP) is 6.94. The zero-order chi connectivity index (χ0) is 17.6. The van der Waals surface area contributed by atoms with Crippen molar-refractivity contribution in [3.8, 4) is 0 Å². The molecule has 138 valence electrons. The third-order valence-corrected chi connectivity index (χ3v) is 4.92. The summed E-state index contributed by atoms with van der Waals surface area (Å²) in [6, 6.07) is 8.78. The van der Waals surface area contributed by atoms with Crippen LogP contribution in [0.2, 0.25) is 0 Å². The first-order valence-corrected chi connectivity index (χ1v) is 10.2. The zero-order valence-electron chi connectivity index (χ0n) is 16.5. The second-order valence-corrected chi connectivity index (χ2v) is 7.50. The molecule has 1 rings (SSSR count). The van der Waals surface area contributed by atoms with Crippen LogP contribution in [0.3, 0.4) is 0 Å². The van der Waals surface area contributed by atoms with Crippen LogP contribution in [-0.4, -0.2) is 13.1 Å². The highest BCUT2D eigenvalue weighted by molar-refractivity contribution is 5.53. The van der Waals surface area contributed by atoms with E-state index < -0.39 is 0 Å². The van der Waals surface area contributed by atoms with Crippen molar-refractivity contribution >= 4 is 11.4 Å². The van der Waals surface area contributed by atoms with Crippen molar-refractivity contribution in [2.24, 2.45) is 11.8 Å². The predicted molar refractivity (Wildman–Crippen MR) is 110 cm³/mol. The smallest absolute Gasteiger partial charge is 0.0341 e. The highest BCUT2D eigenvalue weighted by Gasteiger charge is 2.02. The topological polar surface area (TPSA) is 24.1 Å². The molecule has 0 radical (unpaired) electrons. The molecule has 0 aromatic heterocycles. The maximum Gasteiger partial charge on any atom is 0.0341 e. The maximum atomic E-state index is 3.55. The highest BCUT2D eigenvalue weighted by atomic mass is 14.9. The Morgan fingerprint density at radius 3 is 1.38 bits per heavy atom. The molecular formula is C22H40N2. The van der Waals surface area contributed by atoms with Crippen LogP contribution in [0.25, 0.3) is 0 Å². The first kappa shape index (κ1) is 20.9. The average molecular weight is 333 g/mol. The van der Waals surface area contributed by atoms with E-state index in [1.807, 2.05) is 0 Å². The standard InChI is InChI=1S/C22H40N2/c1-5-7-9-19(3)15-17-23-21-11-13-22(14-12-21)24-18-16-20(4)10-8-6-2/h11-14,19-20,23-24H,5-10,15-18H2,1-4H3. The van der Waals surface area contributed by atoms with Gasteiger partial charge in [0.2, 0.25) is 0 Å². The Kier molecular flexibility index (Phi) is 11.4. The summed E-state index contributed by atoms with van der Waals surface area (Å²) >= 11 is 0. The minimum absolute atomic E-state index is 0.827. The van der Waals surface area contributed by atoms with Crippen molar-refractivity contribution in [1.82, 2.24) is 0 Å². The van der Waals surface area contributed by atoms with Crippen molar-refractivity contribution in [3.63, 3.8) is 0 Å². The van der Waals surface area contributed by atoms with Gasteiger partial charge in [0.1, 0.15) is 0 Å². The van der Waals surface area contributed by atoms with Crippen molar-refractivity contribution in [2.75, 3.05) is 23.7 Å². The van der Waals surface area contributed by atoms with Gasteiger partial charge in [-0.1, -0.05) is 66.2 Å². The van der Waals surface area contributed by atoms with Crippen LogP contribution in [0.15, 0.2) is 24.3 Å². The van der Waals surface area contributed by atoms with Crippen LogP contribution in [0, 0.1) is 11.8 Å². The fraction of sp³-hybridized carbons (Fsp3) is 0.727. The fourth-order valence-corrected chi connectivity index (χ4v) is 3.03. The number of unbranched alkanes of at least 4 members (excludes halogenated alkanes) is 2. The molecule has 0 saturated carbocycles. The van der Waals surface area contributed by atoms with E-state index in [1.165, 1.54) is 62.7 Å². The normalized spacial score (nSPS) is 13.5. The summed E-state index contributed by atoms with van der Waals surface area (Å²) in [5.74, 6) is 1.65. The summed E-state index contributed by atoms with van der Waals surface area (Å²) in [6.07, 6.45) is 10.6. The second-order valence-electron chi connectivity index (χ2n) is 7.50. The number of benzene rings is 1. The third kappa shape index (κ3) is 9.85. The Labute approximate surface area is 150 Å². The average Bonchev–Trinajstić information content (AvgIpc) is 2.59. The van der Waals surface area contributed by atoms with Crippen LogP contribution in [0.4, 0.5) is 11.4 Å². The van der Waals surface area contributed by atoms with Gasteiger partial charge in [-0.3, -0.25) is 0 Å². The van der Waals surface area contributed by atoms with E-state index in [0.717, 1.165) is 24.9 Å². The summed E-state index contributed by atoms with van der Waals surface area (Å²) in [4.78, 5) is 0. The van der Waals surface area contributed by atoms with Gasteiger partial charge in [-0.2, -0.15) is 0 Å². The lowest BCUT2D eigenvalue weighted by Crippen LogP contribution is -2.08. The Bertz CT molecular complexity index is 360. The van der Waals surface area contributed by atoms with Crippen molar-refractivity contribution in [3.05, 3.63) is 24.3 Å². The lowest BCUT2D eigenvalue weighted by Gasteiger charge is -2.14. The van der Waals surface area contributed by atoms with Gasteiger partial charge in [0.25, 0.3) is 0 Å². The first-order chi connectivity index (χ1) is 11.7. The number of hydrogen-bond donors (Lipinski definition) is 2. The largest absolute Gasteiger partial charge is 0.385 e. The molecule has 2 unspecified atom stereocenters. The van der Waals surface area contributed by atoms with Gasteiger partial charge in [-0.25, -0.2) is 0 Å². The van der Waals surface area contributed by atoms with Crippen LogP contribution >= 0.6 is 0 Å². The molecule has 0 aliphatic rings. The van der Waals surface area contributed by atoms with Gasteiger partial charge in [0, 0.05) is 24.5 Å². The molecule has 0 bridgehead atoms. The summed E-state index contributed by atoms with van der Waals surface area (Å²) in [5, 5.41) is 7.10. The molecule has 0 aliphatic carbocycles. The minimum Gasteiger partial charge on any atom is -0.385 e. The second kappa shape index (κ2) is 13.1. The molecule has 24 heavy (non-hydrogen) atoms. The zero-order valence-corrected chi connectivity index (χ0v) is 16.5. The lowest BCUT2D eigenvalue weighted by molar-refractivity contribution is 0.483. The highest BCUT2D eigenvalue weighted by Crippen LogP contribution is 2.17. The van der Waals surface area contributed by atoms with E-state index in [1.54, 1.807) is 0 Å². The molecule has 0 heterocycles. The number of anilines is 2. The Morgan fingerprint density at radius 2 is 1.04 bits per heavy atom. The number of nitrogens with one attached hydrogen (secondary N) is 2. The van der Waals surface area contributed by atoms with Crippen LogP contribution in [0.5, 0.6) is 0 Å². The van der Waals surface area contributed by atoms with Gasteiger partial charge in [-0.15, -0.1) is 0 Å². The van der Waals surface area contributed by atoms with E-state index >= 15 is 0 Å². The molecule has 0 amide bonds. The molecule has 2 heteroatoms. The summed E-state index contributed by atoms with van der Waals surface area (Å²) in [5.41, 5.74) is 2.47. The molecule has 1 aromatic carbocycles. The number of hydrogen-bond acceptors (Lipinski definition) is 2. The quantitative estimate of drug-likeness (QED) is 0.385. The molecule has 0 aliphatic heterocycles. The lowest BCUT2D eigenvalue weighted by atomic mass is 10.0. The van der Waals surface area contributed by atoms with Crippen LogP contribution < -0.4 is 10.6 Å². The van der Waals surface area contributed by atoms with Crippen molar-refractivity contribution in [2.45, 2.75) is 79.1 Å². The monoisotopic (exact) mass is 332 g/mol. The van der Waals surface area contributed by atoms with E-state index in [4.69, 9.17) is 0 Å². The van der Waals surface area contributed by atoms with Gasteiger partial charge < -0.3 is 10.6 Å². The molecule has 2 atom stereocenters. The van der Waals surface area contributed by atoms with Gasteiger partial charge in [-0.05, 0) is 48.9 Å². The Hall–Kier alpha value is -1.18. The maximum absolute atomic E-state index is 3.55. The van der Waals surface area contributed by atoms with E-state index in [2.05, 4.69) is 62.6 Å². The van der Waals surface area contributed by atoms with E-state index in [9.17, 15) is 0 Å². The SMILES string of the molecule is CCCCC(C)CCNc1ccc(NCCC(C)CCCC)cc1. The van der Waals surface area contributed by atoms with Gasteiger partial charge in [0.05, 0.1) is 0 Å². The molecule has 0 saturated heterocycles. The molecule has 1 aromatic rings. The van der Waals surface area contributed by atoms with Gasteiger partial charge >= 0.3 is 0 Å². The Balaban J connectivity index is 2.18. The molecule has 0 fully saturated rings. The summed E-state index contributed by atoms with van der Waals surface area (Å²) in [7, 11) is 0. The van der Waals surface area contributed by atoms with Gasteiger partial charge in [0.15, 0.2) is 0 Å². The summed E-state index contributed by atoms with van der Waals surface area (Å²) < 4.78 is 0. The van der Waals surface area contributed by atoms with Crippen LogP contribution in [-0.2, 0) is 0 Å². The first-order valence-electron chi connectivity index (χ1n) is 10.2. The van der Waals surface area contributed by atoms with Crippen molar-refractivity contribution < 1.29 is 0 Å². The van der Waals surface area contributed by atoms with E-state index in [-0.39, 0.29) is 0 Å². The van der Waals surface area contributed by atoms with Crippen LogP contribution in [0.1, 0.15) is 79.1 Å². The molecule has 0 spiro atoms. The molecular weight excluding hydrogens is 292 g/mol. The summed E-state index contributed by atoms with van der Waals surface area (Å²) in [6.45, 7) is 11.4.